The van der Waals surface area contributed by atoms with Gasteiger partial charge in [-0.2, -0.15) is 0 Å². The molecule has 0 aromatic heterocycles. The molecule has 2 fully saturated rings. The first-order valence-corrected chi connectivity index (χ1v) is 11.0. The van der Waals surface area contributed by atoms with E-state index in [2.05, 4.69) is 4.90 Å². The van der Waals surface area contributed by atoms with Crippen molar-refractivity contribution in [1.82, 2.24) is 14.7 Å². The van der Waals surface area contributed by atoms with E-state index >= 15 is 0 Å². The molecule has 0 saturated carbocycles. The highest BCUT2D eigenvalue weighted by Crippen LogP contribution is 2.29. The fourth-order valence-corrected chi connectivity index (χ4v) is 4.78. The first-order valence-electron chi connectivity index (χ1n) is 11.0. The molecule has 0 unspecified atom stereocenters. The van der Waals surface area contributed by atoms with E-state index in [0.29, 0.717) is 19.6 Å². The number of hydrogen-bond acceptors (Lipinski definition) is 5. The van der Waals surface area contributed by atoms with Gasteiger partial charge >= 0.3 is 0 Å². The van der Waals surface area contributed by atoms with Gasteiger partial charge in [0.1, 0.15) is 18.0 Å². The van der Waals surface area contributed by atoms with Crippen LogP contribution < -0.4 is 9.47 Å². The molecule has 2 saturated heterocycles. The number of methoxy groups -OCH3 is 2. The number of nitrogens with zero attached hydrogens (tertiary/aromatic N) is 3. The van der Waals surface area contributed by atoms with Crippen molar-refractivity contribution in [1.29, 1.82) is 0 Å². The Bertz CT molecular complexity index is 943. The second-order valence-corrected chi connectivity index (χ2v) is 8.60. The van der Waals surface area contributed by atoms with Gasteiger partial charge in [-0.1, -0.05) is 30.3 Å². The molecule has 0 bridgehead atoms. The minimum Gasteiger partial charge on any atom is -0.497 e. The van der Waals surface area contributed by atoms with Crippen LogP contribution in [0.4, 0.5) is 0 Å². The Morgan fingerprint density at radius 3 is 2.28 bits per heavy atom. The van der Waals surface area contributed by atoms with Crippen LogP contribution in [0.3, 0.4) is 0 Å². The number of likely N-dealkylation sites (N-methyl/N-ethyl adjacent to an activating group) is 1. The van der Waals surface area contributed by atoms with Gasteiger partial charge < -0.3 is 19.3 Å². The zero-order valence-electron chi connectivity index (χ0n) is 19.0. The number of piperidine rings is 1. The van der Waals surface area contributed by atoms with Crippen LogP contribution in [0.5, 0.6) is 11.5 Å². The zero-order valence-corrected chi connectivity index (χ0v) is 19.0. The van der Waals surface area contributed by atoms with Crippen LogP contribution in [0.25, 0.3) is 0 Å². The summed E-state index contributed by atoms with van der Waals surface area (Å²) in [6.45, 7) is 2.72. The van der Waals surface area contributed by atoms with Gasteiger partial charge in [-0.25, -0.2) is 0 Å². The lowest BCUT2D eigenvalue weighted by atomic mass is 9.90. The zero-order chi connectivity index (χ0) is 22.7. The molecule has 170 valence electrons. The molecule has 0 spiro atoms. The molecule has 0 radical (unpaired) electrons. The first-order chi connectivity index (χ1) is 15.5. The number of fused-ring (bicyclic) bond motifs is 1. The van der Waals surface area contributed by atoms with Crippen LogP contribution >= 0.6 is 0 Å². The molecule has 2 aromatic rings. The number of benzene rings is 2. The minimum atomic E-state index is -0.239. The van der Waals surface area contributed by atoms with Crippen LogP contribution in [0.15, 0.2) is 48.5 Å². The summed E-state index contributed by atoms with van der Waals surface area (Å²) in [6, 6.07) is 15.6. The number of likely N-dealkylation sites (tertiary alicyclic amines) is 1. The van der Waals surface area contributed by atoms with Crippen molar-refractivity contribution in [3.05, 3.63) is 59.7 Å². The maximum Gasteiger partial charge on any atom is 0.242 e. The summed E-state index contributed by atoms with van der Waals surface area (Å²) < 4.78 is 10.8. The highest BCUT2D eigenvalue weighted by Gasteiger charge is 2.43. The molecule has 2 aromatic carbocycles. The van der Waals surface area contributed by atoms with Gasteiger partial charge in [0.25, 0.3) is 0 Å². The minimum absolute atomic E-state index is 0.00719. The maximum absolute atomic E-state index is 13.6. The first kappa shape index (κ1) is 22.1. The van der Waals surface area contributed by atoms with Crippen LogP contribution in [0, 0.1) is 5.92 Å². The topological polar surface area (TPSA) is 62.3 Å². The summed E-state index contributed by atoms with van der Waals surface area (Å²) >= 11 is 0. The van der Waals surface area contributed by atoms with Crippen molar-refractivity contribution in [3.8, 4) is 11.5 Å². The molecule has 2 atom stereocenters. The lowest BCUT2D eigenvalue weighted by Crippen LogP contribution is -2.53. The third-order valence-corrected chi connectivity index (χ3v) is 6.54. The van der Waals surface area contributed by atoms with Crippen molar-refractivity contribution >= 4 is 11.8 Å². The lowest BCUT2D eigenvalue weighted by molar-refractivity contribution is -0.138. The van der Waals surface area contributed by atoms with E-state index in [-0.39, 0.29) is 30.3 Å². The van der Waals surface area contributed by atoms with Crippen molar-refractivity contribution in [3.63, 3.8) is 0 Å². The number of carbonyl (C=O) groups excluding carboxylic acids is 2. The Morgan fingerprint density at radius 2 is 1.62 bits per heavy atom. The Morgan fingerprint density at radius 1 is 0.938 bits per heavy atom. The van der Waals surface area contributed by atoms with Gasteiger partial charge in [0.2, 0.25) is 11.8 Å². The van der Waals surface area contributed by atoms with Crippen molar-refractivity contribution in [2.45, 2.75) is 25.6 Å². The fraction of sp³-hybridized carbons (Fsp3) is 0.440. The van der Waals surface area contributed by atoms with Gasteiger partial charge in [-0.05, 0) is 29.7 Å². The molecule has 32 heavy (non-hydrogen) atoms. The van der Waals surface area contributed by atoms with E-state index in [0.717, 1.165) is 35.6 Å². The van der Waals surface area contributed by atoms with E-state index in [9.17, 15) is 9.59 Å². The van der Waals surface area contributed by atoms with E-state index in [1.807, 2.05) is 55.6 Å². The summed E-state index contributed by atoms with van der Waals surface area (Å²) in [6.07, 6.45) is 0.777. The third kappa shape index (κ3) is 4.72. The second kappa shape index (κ2) is 9.61. The molecule has 2 amide bonds. The van der Waals surface area contributed by atoms with Crippen molar-refractivity contribution in [2.24, 2.45) is 5.92 Å². The third-order valence-electron chi connectivity index (χ3n) is 6.54. The Balaban J connectivity index is 1.53. The molecule has 7 heteroatoms. The quantitative estimate of drug-likeness (QED) is 0.695. The fourth-order valence-electron chi connectivity index (χ4n) is 4.78. The standard InChI is InChI=1S/C25H31N3O4/c1-26-23-9-10-27(14-19-11-20(31-2)13-21(12-19)32-3)16-22(23)25(30)28(17-24(26)29)15-18-7-5-4-6-8-18/h4-8,11-13,22-23H,9-10,14-17H2,1-3H3/t22-,23+/m0/s1. The second-order valence-electron chi connectivity index (χ2n) is 8.60. The Hall–Kier alpha value is -3.06. The largest absolute Gasteiger partial charge is 0.497 e. The van der Waals surface area contributed by atoms with Gasteiger partial charge in [0.05, 0.1) is 20.1 Å². The number of hydrogen-bond donors (Lipinski definition) is 0. The summed E-state index contributed by atoms with van der Waals surface area (Å²) in [5, 5.41) is 0. The number of ether oxygens (including phenoxy) is 2. The number of amides is 2. The average molecular weight is 438 g/mol. The maximum atomic E-state index is 13.6. The highest BCUT2D eigenvalue weighted by atomic mass is 16.5. The summed E-state index contributed by atoms with van der Waals surface area (Å²) in [4.78, 5) is 32.2. The van der Waals surface area contributed by atoms with Crippen LogP contribution in [0.2, 0.25) is 0 Å². The molecule has 7 nitrogen and oxygen atoms in total. The molecule has 4 rings (SSSR count). The van der Waals surface area contributed by atoms with Gasteiger partial charge in [0, 0.05) is 45.3 Å². The van der Waals surface area contributed by atoms with Crippen LogP contribution in [-0.2, 0) is 22.7 Å². The van der Waals surface area contributed by atoms with Gasteiger partial charge in [-0.15, -0.1) is 0 Å². The number of rotatable bonds is 6. The monoisotopic (exact) mass is 437 g/mol. The van der Waals surface area contributed by atoms with Gasteiger partial charge in [0.15, 0.2) is 0 Å². The van der Waals surface area contributed by atoms with E-state index in [1.54, 1.807) is 24.0 Å². The summed E-state index contributed by atoms with van der Waals surface area (Å²) in [5.41, 5.74) is 2.11. The normalized spacial score (nSPS) is 21.8. The van der Waals surface area contributed by atoms with E-state index in [1.165, 1.54) is 0 Å². The van der Waals surface area contributed by atoms with E-state index in [4.69, 9.17) is 9.47 Å². The molecule has 0 N–H and O–H groups in total. The molecular weight excluding hydrogens is 406 g/mol. The smallest absolute Gasteiger partial charge is 0.242 e. The van der Waals surface area contributed by atoms with Gasteiger partial charge in [-0.3, -0.25) is 14.5 Å². The lowest BCUT2D eigenvalue weighted by Gasteiger charge is -2.40. The van der Waals surface area contributed by atoms with Crippen LogP contribution in [-0.4, -0.2) is 73.5 Å². The Kier molecular flexibility index (Phi) is 6.65. The molecule has 2 aliphatic heterocycles. The highest BCUT2D eigenvalue weighted by molar-refractivity contribution is 5.89. The predicted molar refractivity (Wildman–Crippen MR) is 121 cm³/mol. The van der Waals surface area contributed by atoms with E-state index < -0.39 is 0 Å². The molecule has 2 aliphatic rings. The summed E-state index contributed by atoms with van der Waals surface area (Å²) in [7, 11) is 5.12. The summed E-state index contributed by atoms with van der Waals surface area (Å²) in [5.74, 6) is 1.33. The van der Waals surface area contributed by atoms with Crippen LogP contribution in [0.1, 0.15) is 17.5 Å². The number of carbonyl (C=O) groups is 2. The molecule has 0 aliphatic carbocycles. The SMILES string of the molecule is COc1cc(CN2CC[C@@H]3[C@H](C2)C(=O)N(Cc2ccccc2)CC(=O)N3C)cc(OC)c1. The molecule has 2 heterocycles. The van der Waals surface area contributed by atoms with Crippen molar-refractivity contribution < 1.29 is 19.1 Å². The molecular formula is C25H31N3O4. The average Bonchev–Trinajstić information content (AvgIpc) is 2.90. The Labute approximate surface area is 189 Å². The van der Waals surface area contributed by atoms with Crippen molar-refractivity contribution in [2.75, 3.05) is 40.9 Å². The predicted octanol–water partition coefficient (Wildman–Crippen LogP) is 2.40.